The van der Waals surface area contributed by atoms with Gasteiger partial charge < -0.3 is 20.1 Å². The van der Waals surface area contributed by atoms with Crippen LogP contribution in [0.3, 0.4) is 0 Å². The number of allylic oxidation sites excluding steroid dienone is 1. The fourth-order valence-electron chi connectivity index (χ4n) is 5.10. The summed E-state index contributed by atoms with van der Waals surface area (Å²) >= 11 is 5.06. The summed E-state index contributed by atoms with van der Waals surface area (Å²) in [5.41, 5.74) is 4.94. The number of para-hydroxylation sites is 2. The van der Waals surface area contributed by atoms with Crippen LogP contribution in [0.5, 0.6) is 11.5 Å². The number of nitrogens with one attached hydrogen (secondary N) is 2. The molecular formula is C35H32BrN5O3S. The molecule has 1 aliphatic heterocycles. The molecule has 4 aromatic carbocycles. The number of carbonyl (C=O) groups excluding carboxylic acids is 1. The third-order valence-corrected chi connectivity index (χ3v) is 8.62. The molecule has 5 aromatic rings. The topological polar surface area (TPSA) is 90.3 Å². The molecule has 0 radical (unpaired) electrons. The van der Waals surface area contributed by atoms with Gasteiger partial charge in [-0.1, -0.05) is 94.4 Å². The number of hydrogen-bond donors (Lipinski definition) is 2. The van der Waals surface area contributed by atoms with Gasteiger partial charge in [-0.3, -0.25) is 4.79 Å². The largest absolute Gasteiger partial charge is 0.492 e. The fraction of sp³-hybridized carbons (Fsp3) is 0.171. The van der Waals surface area contributed by atoms with Gasteiger partial charge in [-0.15, -0.1) is 5.10 Å². The molecule has 0 aliphatic carbocycles. The molecule has 45 heavy (non-hydrogen) atoms. The zero-order valence-electron chi connectivity index (χ0n) is 24.9. The van der Waals surface area contributed by atoms with Crippen LogP contribution in [-0.2, 0) is 17.2 Å². The Bertz CT molecular complexity index is 1830. The summed E-state index contributed by atoms with van der Waals surface area (Å²) in [7, 11) is 0. The van der Waals surface area contributed by atoms with Crippen LogP contribution in [0.4, 0.5) is 11.6 Å². The maximum Gasteiger partial charge on any atom is 0.255 e. The predicted octanol–water partition coefficient (Wildman–Crippen LogP) is 8.24. The Morgan fingerprint density at radius 2 is 1.71 bits per heavy atom. The number of nitrogens with zero attached hydrogens (tertiary/aromatic N) is 3. The SMILES string of the molecule is CCOc1ccccc1NC(=O)C1=C(C)Nc2nc(SCc3ccccc3)nn2C1c1ccc(OCc2cccc(Br)c2)cc1. The average Bonchev–Trinajstić information content (AvgIpc) is 3.46. The van der Waals surface area contributed by atoms with E-state index in [0.29, 0.717) is 47.0 Å². The zero-order valence-corrected chi connectivity index (χ0v) is 27.3. The van der Waals surface area contributed by atoms with Crippen molar-refractivity contribution in [3.63, 3.8) is 0 Å². The molecule has 8 nitrogen and oxygen atoms in total. The Labute approximate surface area is 275 Å². The Kier molecular flexibility index (Phi) is 9.52. The minimum Gasteiger partial charge on any atom is -0.492 e. The van der Waals surface area contributed by atoms with Crippen LogP contribution in [0, 0.1) is 0 Å². The van der Waals surface area contributed by atoms with Crippen LogP contribution in [0.1, 0.15) is 36.6 Å². The molecule has 0 fully saturated rings. The van der Waals surface area contributed by atoms with E-state index in [1.54, 1.807) is 16.4 Å². The highest BCUT2D eigenvalue weighted by Crippen LogP contribution is 2.38. The minimum absolute atomic E-state index is 0.258. The zero-order chi connectivity index (χ0) is 31.2. The van der Waals surface area contributed by atoms with E-state index in [-0.39, 0.29) is 5.91 Å². The molecular weight excluding hydrogens is 650 g/mol. The number of ether oxygens (including phenoxy) is 2. The maximum atomic E-state index is 14.0. The summed E-state index contributed by atoms with van der Waals surface area (Å²) in [6, 6.07) is 32.9. The molecule has 10 heteroatoms. The van der Waals surface area contributed by atoms with Gasteiger partial charge in [0.2, 0.25) is 11.1 Å². The second-order valence-electron chi connectivity index (χ2n) is 10.4. The van der Waals surface area contributed by atoms with Crippen LogP contribution >= 0.6 is 27.7 Å². The lowest BCUT2D eigenvalue weighted by Gasteiger charge is -2.29. The van der Waals surface area contributed by atoms with Gasteiger partial charge in [0.15, 0.2) is 0 Å². The van der Waals surface area contributed by atoms with Crippen LogP contribution in [0.15, 0.2) is 124 Å². The van der Waals surface area contributed by atoms with Gasteiger partial charge in [0.05, 0.1) is 17.9 Å². The molecule has 0 saturated heterocycles. The van der Waals surface area contributed by atoms with Crippen LogP contribution in [-0.4, -0.2) is 27.3 Å². The van der Waals surface area contributed by atoms with E-state index in [1.165, 1.54) is 5.56 Å². The molecule has 1 aliphatic rings. The summed E-state index contributed by atoms with van der Waals surface area (Å²) < 4.78 is 14.6. The number of amides is 1. The van der Waals surface area contributed by atoms with Crippen LogP contribution < -0.4 is 20.1 Å². The van der Waals surface area contributed by atoms with E-state index in [2.05, 4.69) is 38.7 Å². The second-order valence-corrected chi connectivity index (χ2v) is 12.2. The lowest BCUT2D eigenvalue weighted by Crippen LogP contribution is -2.31. The highest BCUT2D eigenvalue weighted by molar-refractivity contribution is 9.10. The number of fused-ring (bicyclic) bond motifs is 1. The van der Waals surface area contributed by atoms with Crippen molar-refractivity contribution in [3.8, 4) is 11.5 Å². The Morgan fingerprint density at radius 1 is 0.956 bits per heavy atom. The molecule has 1 atom stereocenters. The van der Waals surface area contributed by atoms with Gasteiger partial charge in [0.1, 0.15) is 24.1 Å². The highest BCUT2D eigenvalue weighted by atomic mass is 79.9. The van der Waals surface area contributed by atoms with Gasteiger partial charge in [-0.2, -0.15) is 4.98 Å². The van der Waals surface area contributed by atoms with E-state index >= 15 is 0 Å². The summed E-state index contributed by atoms with van der Waals surface area (Å²) in [6.07, 6.45) is 0. The standard InChI is InChI=1S/C35H32BrN5O3S/c1-3-43-30-15-8-7-14-29(30)38-33(42)31-23(2)37-34-39-35(45-22-24-10-5-4-6-11-24)40-41(34)32(31)26-16-18-28(19-17-26)44-21-25-12-9-13-27(36)20-25/h4-20,32H,3,21-22H2,1-2H3,(H,38,42)(H,37,39,40). The van der Waals surface area contributed by atoms with Crippen molar-refractivity contribution in [2.75, 3.05) is 17.2 Å². The number of benzene rings is 4. The summed E-state index contributed by atoms with van der Waals surface area (Å²) in [5.74, 6) is 2.39. The number of aromatic nitrogens is 3. The van der Waals surface area contributed by atoms with Crippen LogP contribution in [0.2, 0.25) is 0 Å². The highest BCUT2D eigenvalue weighted by Gasteiger charge is 2.34. The molecule has 228 valence electrons. The van der Waals surface area contributed by atoms with E-state index < -0.39 is 6.04 Å². The van der Waals surface area contributed by atoms with Crippen LogP contribution in [0.25, 0.3) is 0 Å². The molecule has 1 unspecified atom stereocenters. The molecule has 0 spiro atoms. The number of anilines is 2. The molecule has 0 bridgehead atoms. The molecule has 2 heterocycles. The minimum atomic E-state index is -0.529. The number of hydrogen-bond acceptors (Lipinski definition) is 7. The van der Waals surface area contributed by atoms with Gasteiger partial charge >= 0.3 is 0 Å². The summed E-state index contributed by atoms with van der Waals surface area (Å²) in [6.45, 7) is 4.73. The van der Waals surface area contributed by atoms with Crippen molar-refractivity contribution in [2.24, 2.45) is 0 Å². The third kappa shape index (κ3) is 7.24. The maximum absolute atomic E-state index is 14.0. The lowest BCUT2D eigenvalue weighted by atomic mass is 9.95. The first-order valence-electron chi connectivity index (χ1n) is 14.6. The van der Waals surface area contributed by atoms with Crippen molar-refractivity contribution in [2.45, 2.75) is 37.4 Å². The van der Waals surface area contributed by atoms with Crippen molar-refractivity contribution in [1.82, 2.24) is 14.8 Å². The Morgan fingerprint density at radius 3 is 2.49 bits per heavy atom. The second kappa shape index (κ2) is 14.0. The number of carbonyl (C=O) groups is 1. The first-order valence-corrected chi connectivity index (χ1v) is 16.4. The van der Waals surface area contributed by atoms with E-state index in [1.807, 2.05) is 105 Å². The third-order valence-electron chi connectivity index (χ3n) is 7.21. The van der Waals surface area contributed by atoms with Crippen molar-refractivity contribution in [3.05, 3.63) is 136 Å². The normalized spacial score (nSPS) is 14.0. The Balaban J connectivity index is 1.30. The lowest BCUT2D eigenvalue weighted by molar-refractivity contribution is -0.113. The summed E-state index contributed by atoms with van der Waals surface area (Å²) in [5, 5.41) is 11.9. The van der Waals surface area contributed by atoms with E-state index in [9.17, 15) is 4.79 Å². The smallest absolute Gasteiger partial charge is 0.255 e. The van der Waals surface area contributed by atoms with Gasteiger partial charge in [-0.25, -0.2) is 4.68 Å². The van der Waals surface area contributed by atoms with Crippen molar-refractivity contribution >= 4 is 45.2 Å². The number of halogens is 1. The van der Waals surface area contributed by atoms with Crippen molar-refractivity contribution in [1.29, 1.82) is 0 Å². The van der Waals surface area contributed by atoms with E-state index in [4.69, 9.17) is 19.6 Å². The molecule has 6 rings (SSSR count). The van der Waals surface area contributed by atoms with Gasteiger partial charge in [0.25, 0.3) is 5.91 Å². The molecule has 1 amide bonds. The number of thioether (sulfide) groups is 1. The Hall–Kier alpha value is -4.54. The van der Waals surface area contributed by atoms with E-state index in [0.717, 1.165) is 27.1 Å². The fourth-order valence-corrected chi connectivity index (χ4v) is 6.33. The first-order chi connectivity index (χ1) is 22.0. The monoisotopic (exact) mass is 681 g/mol. The molecule has 1 aromatic heterocycles. The summed E-state index contributed by atoms with van der Waals surface area (Å²) in [4.78, 5) is 18.8. The predicted molar refractivity (Wildman–Crippen MR) is 182 cm³/mol. The molecule has 2 N–H and O–H groups in total. The first kappa shape index (κ1) is 30.5. The average molecular weight is 683 g/mol. The van der Waals surface area contributed by atoms with Gasteiger partial charge in [0, 0.05) is 15.9 Å². The molecule has 0 saturated carbocycles. The quantitative estimate of drug-likeness (QED) is 0.136. The number of rotatable bonds is 11. The van der Waals surface area contributed by atoms with Gasteiger partial charge in [-0.05, 0) is 66.9 Å². The van der Waals surface area contributed by atoms with Crippen molar-refractivity contribution < 1.29 is 14.3 Å².